The third kappa shape index (κ3) is 4.98. The zero-order valence-corrected chi connectivity index (χ0v) is 18.1. The third-order valence-corrected chi connectivity index (χ3v) is 5.83. The molecule has 158 valence electrons. The largest absolute Gasteiger partial charge is 0.319 e. The average Bonchev–Trinajstić information content (AvgIpc) is 3.12. The van der Waals surface area contributed by atoms with Gasteiger partial charge in [-0.2, -0.15) is 5.10 Å². The molecule has 3 aromatic rings. The lowest BCUT2D eigenvalue weighted by atomic mass is 10.1. The summed E-state index contributed by atoms with van der Waals surface area (Å²) in [5.41, 5.74) is 0.360. The Bertz CT molecular complexity index is 1190. The van der Waals surface area contributed by atoms with Crippen molar-refractivity contribution in [3.05, 3.63) is 71.3 Å². The smallest absolute Gasteiger partial charge is 0.261 e. The summed E-state index contributed by atoms with van der Waals surface area (Å²) < 4.78 is 42.4. The summed E-state index contributed by atoms with van der Waals surface area (Å²) in [7, 11) is -4.01. The number of halogens is 2. The number of rotatable bonds is 5. The van der Waals surface area contributed by atoms with E-state index in [2.05, 4.69) is 15.1 Å². The fourth-order valence-corrected chi connectivity index (χ4v) is 3.82. The van der Waals surface area contributed by atoms with Gasteiger partial charge in [-0.15, -0.1) is 0 Å². The number of nitrogens with zero attached hydrogens (tertiary/aromatic N) is 2. The quantitative estimate of drug-likeness (QED) is 0.599. The minimum Gasteiger partial charge on any atom is -0.319 e. The highest BCUT2D eigenvalue weighted by Crippen LogP contribution is 2.24. The first-order chi connectivity index (χ1) is 14.0. The summed E-state index contributed by atoms with van der Waals surface area (Å²) in [6, 6.07) is 8.65. The Morgan fingerprint density at radius 3 is 2.37 bits per heavy atom. The highest BCUT2D eigenvalue weighted by molar-refractivity contribution is 7.92. The maximum atomic E-state index is 13.0. The molecular formula is C20H20ClFN4O3S. The Hall–Kier alpha value is -2.91. The molecule has 0 spiro atoms. The van der Waals surface area contributed by atoms with Gasteiger partial charge in [-0.1, -0.05) is 11.6 Å². The second-order valence-electron chi connectivity index (χ2n) is 7.55. The molecule has 1 amide bonds. The second-order valence-corrected chi connectivity index (χ2v) is 9.64. The molecule has 0 aliphatic heterocycles. The predicted molar refractivity (Wildman–Crippen MR) is 114 cm³/mol. The van der Waals surface area contributed by atoms with Crippen molar-refractivity contribution >= 4 is 38.9 Å². The standard InChI is InChI=1S/C20H20ClFN4O3S/c1-20(2,3)26-12-15(11-23-26)24-19(27)17-10-16(8-9-18(17)21)30(28,29)25-14-6-4-13(22)5-7-14/h4-12,25H,1-3H3,(H,24,27). The van der Waals surface area contributed by atoms with E-state index in [9.17, 15) is 17.6 Å². The van der Waals surface area contributed by atoms with Gasteiger partial charge in [0.2, 0.25) is 0 Å². The van der Waals surface area contributed by atoms with Crippen molar-refractivity contribution in [2.45, 2.75) is 31.2 Å². The third-order valence-electron chi connectivity index (χ3n) is 4.12. The number of anilines is 2. The van der Waals surface area contributed by atoms with E-state index in [-0.39, 0.29) is 26.7 Å². The van der Waals surface area contributed by atoms with E-state index in [4.69, 9.17) is 11.6 Å². The second kappa shape index (κ2) is 8.08. The predicted octanol–water partition coefficient (Wildman–Crippen LogP) is 4.48. The van der Waals surface area contributed by atoms with Crippen molar-refractivity contribution in [1.82, 2.24) is 9.78 Å². The fraction of sp³-hybridized carbons (Fsp3) is 0.200. The highest BCUT2D eigenvalue weighted by atomic mass is 35.5. The van der Waals surface area contributed by atoms with E-state index in [1.807, 2.05) is 20.8 Å². The van der Waals surface area contributed by atoms with Gasteiger partial charge in [-0.25, -0.2) is 12.8 Å². The molecular weight excluding hydrogens is 431 g/mol. The summed E-state index contributed by atoms with van der Waals surface area (Å²) in [5.74, 6) is -1.06. The molecule has 0 aliphatic carbocycles. The van der Waals surface area contributed by atoms with E-state index < -0.39 is 21.7 Å². The van der Waals surface area contributed by atoms with Gasteiger partial charge < -0.3 is 5.32 Å². The highest BCUT2D eigenvalue weighted by Gasteiger charge is 2.20. The monoisotopic (exact) mass is 450 g/mol. The minimum atomic E-state index is -4.01. The summed E-state index contributed by atoms with van der Waals surface area (Å²) in [6.45, 7) is 5.89. The summed E-state index contributed by atoms with van der Waals surface area (Å²) in [4.78, 5) is 12.5. The Labute approximate surface area is 178 Å². The summed E-state index contributed by atoms with van der Waals surface area (Å²) >= 11 is 6.12. The van der Waals surface area contributed by atoms with Gasteiger partial charge in [0.05, 0.1) is 32.9 Å². The van der Waals surface area contributed by atoms with Crippen molar-refractivity contribution in [3.8, 4) is 0 Å². The minimum absolute atomic E-state index is 0.0119. The first-order valence-corrected chi connectivity index (χ1v) is 10.8. The average molecular weight is 451 g/mol. The van der Waals surface area contributed by atoms with Crippen molar-refractivity contribution in [3.63, 3.8) is 0 Å². The molecule has 0 atom stereocenters. The van der Waals surface area contributed by atoms with Crippen molar-refractivity contribution in [2.75, 3.05) is 10.0 Å². The molecule has 0 aliphatic rings. The molecule has 0 fully saturated rings. The van der Waals surface area contributed by atoms with Crippen LogP contribution in [-0.2, 0) is 15.6 Å². The molecule has 30 heavy (non-hydrogen) atoms. The zero-order valence-electron chi connectivity index (χ0n) is 16.5. The van der Waals surface area contributed by atoms with Crippen molar-refractivity contribution in [2.24, 2.45) is 0 Å². The lowest BCUT2D eigenvalue weighted by molar-refractivity contribution is 0.102. The van der Waals surface area contributed by atoms with Gasteiger partial charge in [0.25, 0.3) is 15.9 Å². The van der Waals surface area contributed by atoms with E-state index in [0.717, 1.165) is 12.1 Å². The van der Waals surface area contributed by atoms with Crippen LogP contribution in [0.25, 0.3) is 0 Å². The van der Waals surface area contributed by atoms with Crippen LogP contribution in [0.2, 0.25) is 5.02 Å². The number of carbonyl (C=O) groups is 1. The van der Waals surface area contributed by atoms with Crippen LogP contribution in [0.1, 0.15) is 31.1 Å². The van der Waals surface area contributed by atoms with Crippen molar-refractivity contribution < 1.29 is 17.6 Å². The molecule has 3 rings (SSSR count). The molecule has 2 aromatic carbocycles. The first kappa shape index (κ1) is 21.8. The molecule has 10 heteroatoms. The number of nitrogens with one attached hydrogen (secondary N) is 2. The lowest BCUT2D eigenvalue weighted by Gasteiger charge is -2.18. The Kier molecular flexibility index (Phi) is 5.87. The number of hydrogen-bond donors (Lipinski definition) is 2. The van der Waals surface area contributed by atoms with Crippen LogP contribution in [0, 0.1) is 5.82 Å². The topological polar surface area (TPSA) is 93.1 Å². The fourth-order valence-electron chi connectivity index (χ4n) is 2.53. The number of amides is 1. The van der Waals surface area contributed by atoms with Crippen LogP contribution in [-0.4, -0.2) is 24.1 Å². The first-order valence-electron chi connectivity index (χ1n) is 8.90. The van der Waals surface area contributed by atoms with E-state index in [0.29, 0.717) is 5.69 Å². The maximum Gasteiger partial charge on any atom is 0.261 e. The van der Waals surface area contributed by atoms with Gasteiger partial charge in [0, 0.05) is 11.9 Å². The van der Waals surface area contributed by atoms with Gasteiger partial charge in [0.1, 0.15) is 5.82 Å². The zero-order chi connectivity index (χ0) is 22.1. The SMILES string of the molecule is CC(C)(C)n1cc(NC(=O)c2cc(S(=O)(=O)Nc3ccc(F)cc3)ccc2Cl)cn1. The Morgan fingerprint density at radius 1 is 1.10 bits per heavy atom. The molecule has 7 nitrogen and oxygen atoms in total. The molecule has 0 saturated carbocycles. The molecule has 0 unspecified atom stereocenters. The number of carbonyl (C=O) groups excluding carboxylic acids is 1. The number of benzene rings is 2. The van der Waals surface area contributed by atoms with E-state index >= 15 is 0 Å². The van der Waals surface area contributed by atoms with E-state index in [1.54, 1.807) is 10.9 Å². The Morgan fingerprint density at radius 2 is 1.77 bits per heavy atom. The summed E-state index contributed by atoms with van der Waals surface area (Å²) in [5, 5.41) is 6.96. The van der Waals surface area contributed by atoms with Crippen LogP contribution in [0.5, 0.6) is 0 Å². The number of aromatic nitrogens is 2. The van der Waals surface area contributed by atoms with Gasteiger partial charge in [0.15, 0.2) is 0 Å². The molecule has 0 saturated heterocycles. The van der Waals surface area contributed by atoms with E-state index in [1.165, 1.54) is 36.5 Å². The Balaban J connectivity index is 1.84. The number of hydrogen-bond acceptors (Lipinski definition) is 4. The van der Waals surface area contributed by atoms with Crippen LogP contribution < -0.4 is 10.0 Å². The lowest BCUT2D eigenvalue weighted by Crippen LogP contribution is -2.22. The van der Waals surface area contributed by atoms with Crippen LogP contribution in [0.4, 0.5) is 15.8 Å². The van der Waals surface area contributed by atoms with Crippen LogP contribution in [0.3, 0.4) is 0 Å². The van der Waals surface area contributed by atoms with Gasteiger partial charge in [-0.05, 0) is 63.2 Å². The van der Waals surface area contributed by atoms with Crippen LogP contribution in [0.15, 0.2) is 59.8 Å². The maximum absolute atomic E-state index is 13.0. The van der Waals surface area contributed by atoms with Crippen molar-refractivity contribution in [1.29, 1.82) is 0 Å². The normalized spacial score (nSPS) is 11.9. The number of sulfonamides is 1. The van der Waals surface area contributed by atoms with Gasteiger partial charge >= 0.3 is 0 Å². The molecule has 0 bridgehead atoms. The van der Waals surface area contributed by atoms with Crippen LogP contribution >= 0.6 is 11.6 Å². The molecule has 0 radical (unpaired) electrons. The molecule has 1 aromatic heterocycles. The summed E-state index contributed by atoms with van der Waals surface area (Å²) in [6.07, 6.45) is 3.16. The molecule has 1 heterocycles. The van der Waals surface area contributed by atoms with Gasteiger partial charge in [-0.3, -0.25) is 14.2 Å². The molecule has 2 N–H and O–H groups in total.